The Labute approximate surface area is 161 Å². The van der Waals surface area contributed by atoms with Gasteiger partial charge in [0, 0.05) is 26.8 Å². The molecule has 3 aromatic rings. The maximum absolute atomic E-state index is 8.29. The zero-order valence-corrected chi connectivity index (χ0v) is 15.1. The van der Waals surface area contributed by atoms with Crippen molar-refractivity contribution >= 4 is 0 Å². The summed E-state index contributed by atoms with van der Waals surface area (Å²) in [6.45, 7) is 2.39. The third-order valence-electron chi connectivity index (χ3n) is 4.54. The van der Waals surface area contributed by atoms with Crippen LogP contribution < -0.4 is 4.57 Å². The molecule has 0 aliphatic heterocycles. The third kappa shape index (κ3) is 3.37. The SMILES string of the molecule is [2H]C([2H])([2H])c1cc(C)c(-c2cc(C([2H])([2H])C)c(C([2H])([2H])C)c[n+]2C)cc1-c1ccccc1. The average Bonchev–Trinajstić information content (AvgIpc) is 2.66. The standard InChI is InChI=1S/C24H28N/c1-6-19-14-24(25(5)16-20(19)7-2)23-15-22(17(3)13-18(23)4)21-11-9-8-10-12-21/h8-16H,6-7H2,1-5H3/q+1/i3D3,6D2,7D2. The summed E-state index contributed by atoms with van der Waals surface area (Å²) in [6.07, 6.45) is -1.84. The largest absolute Gasteiger partial charge is 0.212 e. The van der Waals surface area contributed by atoms with Crippen molar-refractivity contribution < 1.29 is 14.2 Å². The monoisotopic (exact) mass is 337 g/mol. The lowest BCUT2D eigenvalue weighted by Crippen LogP contribution is -2.32. The molecular weight excluding hydrogens is 302 g/mol. The van der Waals surface area contributed by atoms with Gasteiger partial charge in [-0.05, 0) is 60.4 Å². The predicted molar refractivity (Wildman–Crippen MR) is 107 cm³/mol. The van der Waals surface area contributed by atoms with Crippen LogP contribution in [-0.2, 0) is 19.8 Å². The second-order valence-electron chi connectivity index (χ2n) is 6.18. The molecule has 0 atom stereocenters. The molecule has 0 aliphatic rings. The van der Waals surface area contributed by atoms with Crippen molar-refractivity contribution in [3.8, 4) is 22.4 Å². The molecule has 25 heavy (non-hydrogen) atoms. The van der Waals surface area contributed by atoms with Crippen LogP contribution in [0.2, 0.25) is 0 Å². The zero-order valence-electron chi connectivity index (χ0n) is 22.1. The van der Waals surface area contributed by atoms with Gasteiger partial charge in [0.2, 0.25) is 5.69 Å². The topological polar surface area (TPSA) is 3.88 Å². The van der Waals surface area contributed by atoms with E-state index in [2.05, 4.69) is 0 Å². The predicted octanol–water partition coefficient (Wildman–Crippen LogP) is 5.59. The first-order valence-electron chi connectivity index (χ1n) is 11.9. The molecule has 1 aromatic heterocycles. The fraction of sp³-hybridized carbons (Fsp3) is 0.292. The van der Waals surface area contributed by atoms with Crippen LogP contribution in [0.5, 0.6) is 0 Å². The Balaban J connectivity index is 2.36. The van der Waals surface area contributed by atoms with Gasteiger partial charge >= 0.3 is 0 Å². The summed E-state index contributed by atoms with van der Waals surface area (Å²) in [7, 11) is 1.79. The molecule has 1 heterocycles. The first kappa shape index (κ1) is 10.6. The molecule has 0 aliphatic carbocycles. The number of benzene rings is 2. The fourth-order valence-electron chi connectivity index (χ4n) is 3.16. The normalized spacial score (nSPS) is 16.7. The Morgan fingerprint density at radius 2 is 1.64 bits per heavy atom. The van der Waals surface area contributed by atoms with Crippen LogP contribution in [0.1, 0.15) is 45.7 Å². The van der Waals surface area contributed by atoms with Gasteiger partial charge in [-0.1, -0.05) is 50.2 Å². The Bertz CT molecular complexity index is 1140. The summed E-state index contributed by atoms with van der Waals surface area (Å²) in [5.74, 6) is 0. The second-order valence-corrected chi connectivity index (χ2v) is 6.18. The van der Waals surface area contributed by atoms with Gasteiger partial charge in [0.25, 0.3) is 0 Å². The minimum absolute atomic E-state index is 0.264. The van der Waals surface area contributed by atoms with Crippen molar-refractivity contribution in [2.45, 2.75) is 40.4 Å². The summed E-state index contributed by atoms with van der Waals surface area (Å²) < 4.78 is 58.8. The Hall–Kier alpha value is -2.41. The lowest BCUT2D eigenvalue weighted by molar-refractivity contribution is -0.660. The van der Waals surface area contributed by atoms with Crippen LogP contribution in [0, 0.1) is 13.8 Å². The lowest BCUT2D eigenvalue weighted by atomic mass is 9.92. The van der Waals surface area contributed by atoms with E-state index in [-0.39, 0.29) is 16.7 Å². The number of rotatable bonds is 4. The molecule has 0 bridgehead atoms. The molecule has 2 aromatic carbocycles. The summed E-state index contributed by atoms with van der Waals surface area (Å²) in [6, 6.07) is 14.5. The fourth-order valence-corrected chi connectivity index (χ4v) is 3.16. The van der Waals surface area contributed by atoms with Crippen molar-refractivity contribution in [3.63, 3.8) is 0 Å². The second kappa shape index (κ2) is 7.23. The quantitative estimate of drug-likeness (QED) is 0.547. The number of aryl methyl sites for hydroxylation is 5. The van der Waals surface area contributed by atoms with Crippen LogP contribution in [0.15, 0.2) is 54.7 Å². The smallest absolute Gasteiger partial charge is 0.201 e. The highest BCUT2D eigenvalue weighted by molar-refractivity contribution is 5.75. The van der Waals surface area contributed by atoms with E-state index in [0.717, 1.165) is 16.7 Å². The Kier molecular flexibility index (Phi) is 3.05. The van der Waals surface area contributed by atoms with Crippen LogP contribution >= 0.6 is 0 Å². The van der Waals surface area contributed by atoms with Crippen LogP contribution in [0.3, 0.4) is 0 Å². The molecule has 1 nitrogen and oxygen atoms in total. The molecule has 128 valence electrons. The van der Waals surface area contributed by atoms with Gasteiger partial charge in [0.05, 0.1) is 0 Å². The van der Waals surface area contributed by atoms with Crippen LogP contribution in [0.25, 0.3) is 22.4 Å². The van der Waals surface area contributed by atoms with E-state index in [1.807, 2.05) is 43.3 Å². The van der Waals surface area contributed by atoms with E-state index < -0.39 is 19.6 Å². The van der Waals surface area contributed by atoms with Gasteiger partial charge in [-0.15, -0.1) is 0 Å². The van der Waals surface area contributed by atoms with E-state index in [4.69, 9.17) is 9.60 Å². The van der Waals surface area contributed by atoms with Crippen LogP contribution in [0.4, 0.5) is 0 Å². The molecule has 0 unspecified atom stereocenters. The summed E-state index contributed by atoms with van der Waals surface area (Å²) in [4.78, 5) is 0. The van der Waals surface area contributed by atoms with Crippen molar-refractivity contribution in [3.05, 3.63) is 77.0 Å². The van der Waals surface area contributed by atoms with Crippen molar-refractivity contribution in [2.75, 3.05) is 0 Å². The first-order chi connectivity index (χ1) is 14.6. The van der Waals surface area contributed by atoms with Gasteiger partial charge < -0.3 is 0 Å². The molecule has 0 saturated carbocycles. The van der Waals surface area contributed by atoms with E-state index in [1.165, 1.54) is 13.8 Å². The third-order valence-corrected chi connectivity index (χ3v) is 4.54. The number of hydrogen-bond acceptors (Lipinski definition) is 0. The molecule has 3 rings (SSSR count). The van der Waals surface area contributed by atoms with Crippen molar-refractivity contribution in [2.24, 2.45) is 7.05 Å². The van der Waals surface area contributed by atoms with E-state index in [0.29, 0.717) is 11.3 Å². The zero-order chi connectivity index (χ0) is 24.1. The summed E-state index contributed by atoms with van der Waals surface area (Å²) >= 11 is 0. The van der Waals surface area contributed by atoms with E-state index >= 15 is 0 Å². The summed E-state index contributed by atoms with van der Waals surface area (Å²) in [5, 5.41) is 0. The lowest BCUT2D eigenvalue weighted by Gasteiger charge is -2.13. The van der Waals surface area contributed by atoms with Gasteiger partial charge in [-0.25, -0.2) is 4.57 Å². The molecule has 0 radical (unpaired) electrons. The maximum Gasteiger partial charge on any atom is 0.212 e. The number of aromatic nitrogens is 1. The van der Waals surface area contributed by atoms with E-state index in [9.17, 15) is 0 Å². The van der Waals surface area contributed by atoms with Gasteiger partial charge in [-0.2, -0.15) is 0 Å². The highest BCUT2D eigenvalue weighted by Gasteiger charge is 2.18. The number of pyridine rings is 1. The molecule has 1 heteroatoms. The Morgan fingerprint density at radius 1 is 0.920 bits per heavy atom. The maximum atomic E-state index is 8.29. The van der Waals surface area contributed by atoms with Gasteiger partial charge in [-0.3, -0.25) is 0 Å². The van der Waals surface area contributed by atoms with Crippen LogP contribution in [-0.4, -0.2) is 0 Å². The molecule has 0 saturated heterocycles. The Morgan fingerprint density at radius 3 is 2.28 bits per heavy atom. The molecule has 0 fully saturated rings. The molecule has 0 amide bonds. The molecule has 0 N–H and O–H groups in total. The van der Waals surface area contributed by atoms with Crippen molar-refractivity contribution in [1.29, 1.82) is 0 Å². The minimum Gasteiger partial charge on any atom is -0.201 e. The first-order valence-corrected chi connectivity index (χ1v) is 8.36. The molecular formula is C24H28N+. The highest BCUT2D eigenvalue weighted by atomic mass is 14.9. The average molecular weight is 338 g/mol. The molecule has 0 spiro atoms. The number of nitrogens with zero attached hydrogens (tertiary/aromatic N) is 1. The summed E-state index contributed by atoms with van der Waals surface area (Å²) in [5.41, 5.74) is 4.42. The van der Waals surface area contributed by atoms with Gasteiger partial charge in [0.1, 0.15) is 7.05 Å². The minimum atomic E-state index is -2.29. The van der Waals surface area contributed by atoms with Crippen molar-refractivity contribution in [1.82, 2.24) is 0 Å². The highest BCUT2D eigenvalue weighted by Crippen LogP contribution is 2.31. The van der Waals surface area contributed by atoms with E-state index in [1.54, 1.807) is 29.9 Å². The number of hydrogen-bond donors (Lipinski definition) is 0. The van der Waals surface area contributed by atoms with Gasteiger partial charge in [0.15, 0.2) is 6.20 Å².